The molecule has 1 fully saturated rings. The molecule has 1 atom stereocenters. The molecule has 2 aliphatic rings. The molecule has 8 nitrogen and oxygen atoms in total. The van der Waals surface area contributed by atoms with E-state index in [1.807, 2.05) is 4.90 Å². The maximum Gasteiger partial charge on any atom is 0.253 e. The number of aromatic hydroxyl groups is 2. The van der Waals surface area contributed by atoms with Gasteiger partial charge >= 0.3 is 0 Å². The highest BCUT2D eigenvalue weighted by molar-refractivity contribution is 6.02. The zero-order valence-corrected chi connectivity index (χ0v) is 18.8. The van der Waals surface area contributed by atoms with E-state index in [1.165, 1.54) is 0 Å². The number of hydrogen-bond donors (Lipinski definition) is 2. The van der Waals surface area contributed by atoms with Gasteiger partial charge in [0.2, 0.25) is 5.66 Å². The third-order valence-corrected chi connectivity index (χ3v) is 6.31. The van der Waals surface area contributed by atoms with Gasteiger partial charge in [0.05, 0.1) is 5.56 Å². The van der Waals surface area contributed by atoms with Crippen LogP contribution in [0, 0.1) is 0 Å². The van der Waals surface area contributed by atoms with Gasteiger partial charge in [-0.15, -0.1) is 10.2 Å². The molecule has 2 N–H and O–H groups in total. The lowest BCUT2D eigenvalue weighted by Crippen LogP contribution is -2.47. The van der Waals surface area contributed by atoms with Gasteiger partial charge < -0.3 is 20.0 Å². The number of para-hydroxylation sites is 2. The number of phenolic OH excluding ortho intramolecular Hbond substituents is 2. The predicted octanol–water partition coefficient (Wildman–Crippen LogP) is 3.60. The lowest BCUT2D eigenvalue weighted by atomic mass is 9.91. The van der Waals surface area contributed by atoms with Gasteiger partial charge in [0.25, 0.3) is 5.91 Å². The van der Waals surface area contributed by atoms with Crippen LogP contribution in [0.1, 0.15) is 27.0 Å². The molecule has 3 aromatic rings. The Labute approximate surface area is 197 Å². The van der Waals surface area contributed by atoms with E-state index in [4.69, 9.17) is 4.99 Å². The van der Waals surface area contributed by atoms with Crippen LogP contribution >= 0.6 is 0 Å². The maximum absolute atomic E-state index is 13.0. The van der Waals surface area contributed by atoms with Crippen LogP contribution in [0.5, 0.6) is 11.5 Å². The fourth-order valence-corrected chi connectivity index (χ4v) is 4.29. The first-order valence-corrected chi connectivity index (χ1v) is 11.2. The van der Waals surface area contributed by atoms with Gasteiger partial charge in [-0.2, -0.15) is 0 Å². The number of carbonyl (C=O) groups is 1. The maximum atomic E-state index is 13.0. The van der Waals surface area contributed by atoms with Crippen molar-refractivity contribution in [3.63, 3.8) is 0 Å². The third-order valence-electron chi connectivity index (χ3n) is 6.31. The number of aliphatic imine (C=N–C) groups is 1. The summed E-state index contributed by atoms with van der Waals surface area (Å²) in [4.78, 5) is 21.8. The van der Waals surface area contributed by atoms with E-state index in [1.54, 1.807) is 72.8 Å². The van der Waals surface area contributed by atoms with Gasteiger partial charge in [0, 0.05) is 42.9 Å². The molecular formula is C26H25N5O3. The molecule has 0 bridgehead atoms. The molecule has 0 radical (unpaired) electrons. The Kier molecular flexibility index (Phi) is 5.59. The largest absolute Gasteiger partial charge is 0.507 e. The minimum Gasteiger partial charge on any atom is -0.507 e. The average Bonchev–Trinajstić information content (AvgIpc) is 3.31. The fraction of sp³-hybridized carbons (Fsp3) is 0.231. The highest BCUT2D eigenvalue weighted by atomic mass is 16.3. The van der Waals surface area contributed by atoms with Gasteiger partial charge in [-0.25, -0.2) is 4.99 Å². The van der Waals surface area contributed by atoms with E-state index in [-0.39, 0.29) is 23.2 Å². The molecule has 1 amide bonds. The molecule has 1 unspecified atom stereocenters. The monoisotopic (exact) mass is 455 g/mol. The molecule has 0 spiro atoms. The molecule has 3 aromatic carbocycles. The first kappa shape index (κ1) is 21.8. The van der Waals surface area contributed by atoms with Gasteiger partial charge in [-0.3, -0.25) is 4.79 Å². The van der Waals surface area contributed by atoms with Crippen LogP contribution < -0.4 is 0 Å². The van der Waals surface area contributed by atoms with Crippen molar-refractivity contribution in [1.82, 2.24) is 9.80 Å². The van der Waals surface area contributed by atoms with Crippen LogP contribution in [0.2, 0.25) is 0 Å². The average molecular weight is 456 g/mol. The topological polar surface area (TPSA) is 101 Å². The van der Waals surface area contributed by atoms with E-state index < -0.39 is 5.66 Å². The fourth-order valence-electron chi connectivity index (χ4n) is 4.29. The summed E-state index contributed by atoms with van der Waals surface area (Å²) in [5.74, 6) is 0.323. The van der Waals surface area contributed by atoms with Crippen LogP contribution in [-0.2, 0) is 5.66 Å². The summed E-state index contributed by atoms with van der Waals surface area (Å²) in [6.07, 6.45) is 0. The lowest BCUT2D eigenvalue weighted by Gasteiger charge is -2.32. The van der Waals surface area contributed by atoms with Crippen molar-refractivity contribution in [2.24, 2.45) is 15.2 Å². The van der Waals surface area contributed by atoms with Crippen molar-refractivity contribution in [2.75, 3.05) is 33.2 Å². The molecule has 172 valence electrons. The summed E-state index contributed by atoms with van der Waals surface area (Å²) in [7, 11) is 2.05. The number of azo groups is 1. The SMILES string of the molecule is CN1CCN(C(=O)c2ccc(C3(c4ccccc4O)N=NC(c4ccccc4O)=N3)cc2)CC1. The van der Waals surface area contributed by atoms with Gasteiger partial charge in [-0.05, 0) is 37.4 Å². The third kappa shape index (κ3) is 3.82. The van der Waals surface area contributed by atoms with Gasteiger partial charge in [-0.1, -0.05) is 42.5 Å². The first-order chi connectivity index (χ1) is 16.5. The summed E-state index contributed by atoms with van der Waals surface area (Å²) >= 11 is 0. The molecule has 8 heteroatoms. The number of phenols is 2. The van der Waals surface area contributed by atoms with E-state index in [0.717, 1.165) is 13.1 Å². The quantitative estimate of drug-likeness (QED) is 0.628. The number of benzene rings is 3. The van der Waals surface area contributed by atoms with Crippen LogP contribution in [0.15, 0.2) is 88.0 Å². The van der Waals surface area contributed by atoms with Gasteiger partial charge in [0.15, 0.2) is 5.84 Å². The number of carbonyl (C=O) groups excluding carboxylic acids is 1. The Balaban J connectivity index is 1.54. The molecule has 1 saturated heterocycles. The summed E-state index contributed by atoms with van der Waals surface area (Å²) in [5.41, 5.74) is 0.810. The van der Waals surface area contributed by atoms with Crippen molar-refractivity contribution in [2.45, 2.75) is 5.66 Å². The number of nitrogens with zero attached hydrogens (tertiary/aromatic N) is 5. The molecular weight excluding hydrogens is 430 g/mol. The molecule has 34 heavy (non-hydrogen) atoms. The number of piperazine rings is 1. The van der Waals surface area contributed by atoms with Crippen molar-refractivity contribution in [3.05, 3.63) is 95.1 Å². The standard InChI is InChI=1S/C26H25N5O3/c1-30-14-16-31(17-15-30)25(34)18-10-12-19(13-11-18)26(21-7-3-5-9-23(21)33)27-24(28-29-26)20-6-2-4-8-22(20)32/h2-13,32-33H,14-17H2,1H3. The zero-order chi connectivity index (χ0) is 23.7. The highest BCUT2D eigenvalue weighted by Gasteiger charge is 2.41. The van der Waals surface area contributed by atoms with Crippen LogP contribution in [0.3, 0.4) is 0 Å². The molecule has 0 saturated carbocycles. The second-order valence-electron chi connectivity index (χ2n) is 8.51. The normalized spacial score (nSPS) is 20.4. The minimum absolute atomic E-state index is 0.0114. The number of amides is 1. The van der Waals surface area contributed by atoms with E-state index in [9.17, 15) is 15.0 Å². The summed E-state index contributed by atoms with van der Waals surface area (Å²) in [5, 5.41) is 29.7. The molecule has 0 aliphatic carbocycles. The Morgan fingerprint density at radius 3 is 2.18 bits per heavy atom. The van der Waals surface area contributed by atoms with Crippen molar-refractivity contribution in [3.8, 4) is 11.5 Å². The van der Waals surface area contributed by atoms with E-state index in [0.29, 0.717) is 35.3 Å². The van der Waals surface area contributed by atoms with Gasteiger partial charge in [0.1, 0.15) is 11.5 Å². The second kappa shape index (κ2) is 8.72. The molecule has 2 aliphatic heterocycles. The van der Waals surface area contributed by atoms with E-state index >= 15 is 0 Å². The summed E-state index contributed by atoms with van der Waals surface area (Å²) in [6, 6.07) is 20.7. The van der Waals surface area contributed by atoms with Crippen LogP contribution in [0.4, 0.5) is 0 Å². The van der Waals surface area contributed by atoms with Crippen molar-refractivity contribution < 1.29 is 15.0 Å². The number of amidine groups is 1. The Morgan fingerprint density at radius 2 is 1.50 bits per heavy atom. The Hall–Kier alpha value is -4.04. The molecule has 2 heterocycles. The number of rotatable bonds is 4. The first-order valence-electron chi connectivity index (χ1n) is 11.2. The Bertz CT molecular complexity index is 1280. The van der Waals surface area contributed by atoms with Crippen molar-refractivity contribution in [1.29, 1.82) is 0 Å². The lowest BCUT2D eigenvalue weighted by molar-refractivity contribution is 0.0664. The van der Waals surface area contributed by atoms with Crippen molar-refractivity contribution >= 4 is 11.7 Å². The van der Waals surface area contributed by atoms with E-state index in [2.05, 4.69) is 22.2 Å². The number of hydrogen-bond acceptors (Lipinski definition) is 7. The molecule has 0 aromatic heterocycles. The highest BCUT2D eigenvalue weighted by Crippen LogP contribution is 2.44. The Morgan fingerprint density at radius 1 is 0.853 bits per heavy atom. The summed E-state index contributed by atoms with van der Waals surface area (Å²) in [6.45, 7) is 3.09. The molecule has 5 rings (SSSR count). The smallest absolute Gasteiger partial charge is 0.253 e. The summed E-state index contributed by atoms with van der Waals surface area (Å²) < 4.78 is 0. The predicted molar refractivity (Wildman–Crippen MR) is 128 cm³/mol. The van der Waals surface area contributed by atoms with Crippen LogP contribution in [0.25, 0.3) is 0 Å². The minimum atomic E-state index is -1.33. The van der Waals surface area contributed by atoms with Crippen LogP contribution in [-0.4, -0.2) is 65.0 Å². The second-order valence-corrected chi connectivity index (χ2v) is 8.51. The zero-order valence-electron chi connectivity index (χ0n) is 18.8. The number of likely N-dealkylation sites (N-methyl/N-ethyl adjacent to an activating group) is 1.